The van der Waals surface area contributed by atoms with Gasteiger partial charge in [0.05, 0.1) is 12.4 Å². The molecule has 1 amide bonds. The van der Waals surface area contributed by atoms with Crippen LogP contribution in [0.15, 0.2) is 78.2 Å². The minimum atomic E-state index is -0.440. The maximum Gasteiger partial charge on any atom is 0.235 e. The molecule has 0 fully saturated rings. The van der Waals surface area contributed by atoms with Crippen molar-refractivity contribution >= 4 is 17.7 Å². The zero-order valence-electron chi connectivity index (χ0n) is 19.1. The predicted molar refractivity (Wildman–Crippen MR) is 129 cm³/mol. The summed E-state index contributed by atoms with van der Waals surface area (Å²) in [4.78, 5) is 18.7. The van der Waals surface area contributed by atoms with Crippen molar-refractivity contribution in [2.24, 2.45) is 0 Å². The number of carbonyl (C=O) groups excluding carboxylic acids is 1. The number of amides is 1. The fourth-order valence-electron chi connectivity index (χ4n) is 3.50. The molecule has 0 saturated heterocycles. The number of hydrogen-bond acceptors (Lipinski definition) is 6. The summed E-state index contributed by atoms with van der Waals surface area (Å²) in [5.41, 5.74) is 2.43. The SMILES string of the molecule is COc1ccc(-n2c(SC(C)C(=O)N(C)Cc3cccc(F)c3)nnc2-c2ccncc2)cc1. The van der Waals surface area contributed by atoms with Crippen LogP contribution in [0, 0.1) is 5.82 Å². The van der Waals surface area contributed by atoms with Crippen LogP contribution in [-0.4, -0.2) is 50.0 Å². The number of benzene rings is 2. The van der Waals surface area contributed by atoms with Crippen molar-refractivity contribution in [3.05, 3.63) is 84.4 Å². The summed E-state index contributed by atoms with van der Waals surface area (Å²) >= 11 is 1.32. The van der Waals surface area contributed by atoms with E-state index < -0.39 is 5.25 Å². The molecule has 7 nitrogen and oxygen atoms in total. The molecule has 9 heteroatoms. The number of rotatable bonds is 8. The highest BCUT2D eigenvalue weighted by atomic mass is 32.2. The Hall–Kier alpha value is -3.72. The fraction of sp³-hybridized carbons (Fsp3) is 0.200. The molecule has 0 radical (unpaired) electrons. The Morgan fingerprint density at radius 1 is 1.12 bits per heavy atom. The standard InChI is InChI=1S/C25H24FN5O2S/c1-17(24(32)30(2)16-18-5-4-6-20(26)15-18)34-25-29-28-23(19-11-13-27-14-12-19)31(25)21-7-9-22(33-3)10-8-21/h4-15,17H,16H2,1-3H3. The van der Waals surface area contributed by atoms with Crippen LogP contribution < -0.4 is 4.74 Å². The minimum Gasteiger partial charge on any atom is -0.497 e. The topological polar surface area (TPSA) is 73.1 Å². The van der Waals surface area contributed by atoms with Gasteiger partial charge in [-0.3, -0.25) is 14.3 Å². The number of hydrogen-bond donors (Lipinski definition) is 0. The molecule has 0 N–H and O–H groups in total. The van der Waals surface area contributed by atoms with Crippen molar-refractivity contribution < 1.29 is 13.9 Å². The Balaban J connectivity index is 1.60. The molecule has 0 aliphatic rings. The number of pyridine rings is 1. The molecule has 0 saturated carbocycles. The van der Waals surface area contributed by atoms with Crippen molar-refractivity contribution in [2.75, 3.05) is 14.2 Å². The van der Waals surface area contributed by atoms with E-state index in [1.807, 2.05) is 47.9 Å². The van der Waals surface area contributed by atoms with Gasteiger partial charge in [0.15, 0.2) is 11.0 Å². The van der Waals surface area contributed by atoms with Crippen molar-refractivity contribution in [1.29, 1.82) is 0 Å². The van der Waals surface area contributed by atoms with Crippen LogP contribution in [0.1, 0.15) is 12.5 Å². The van der Waals surface area contributed by atoms with Crippen molar-refractivity contribution in [3.8, 4) is 22.8 Å². The molecular formula is C25H24FN5O2S. The highest BCUT2D eigenvalue weighted by Crippen LogP contribution is 2.31. The smallest absolute Gasteiger partial charge is 0.235 e. The Bertz CT molecular complexity index is 1260. The number of carbonyl (C=O) groups is 1. The summed E-state index contributed by atoms with van der Waals surface area (Å²) in [6.07, 6.45) is 3.39. The second kappa shape index (κ2) is 10.5. The second-order valence-corrected chi connectivity index (χ2v) is 8.97. The number of nitrogens with zero attached hydrogens (tertiary/aromatic N) is 5. The van der Waals surface area contributed by atoms with Gasteiger partial charge in [-0.15, -0.1) is 10.2 Å². The highest BCUT2D eigenvalue weighted by Gasteiger charge is 2.24. The summed E-state index contributed by atoms with van der Waals surface area (Å²) in [7, 11) is 3.33. The van der Waals surface area contributed by atoms with Gasteiger partial charge < -0.3 is 9.64 Å². The lowest BCUT2D eigenvalue weighted by Gasteiger charge is -2.21. The van der Waals surface area contributed by atoms with Crippen LogP contribution in [0.2, 0.25) is 0 Å². The molecular weight excluding hydrogens is 453 g/mol. The summed E-state index contributed by atoms with van der Waals surface area (Å²) in [5, 5.41) is 8.94. The lowest BCUT2D eigenvalue weighted by atomic mass is 10.2. The van der Waals surface area contributed by atoms with Crippen LogP contribution in [0.5, 0.6) is 5.75 Å². The normalized spacial score (nSPS) is 11.8. The second-order valence-electron chi connectivity index (χ2n) is 7.66. The maximum absolute atomic E-state index is 13.5. The van der Waals surface area contributed by atoms with Crippen LogP contribution in [0.4, 0.5) is 4.39 Å². The predicted octanol–water partition coefficient (Wildman–Crippen LogP) is 4.62. The summed E-state index contributed by atoms with van der Waals surface area (Å²) in [6, 6.07) is 17.5. The first-order chi connectivity index (χ1) is 16.5. The van der Waals surface area contributed by atoms with Gasteiger partial charge in [0.1, 0.15) is 11.6 Å². The van der Waals surface area contributed by atoms with Gasteiger partial charge in [-0.05, 0) is 61.0 Å². The molecule has 0 aliphatic heterocycles. The molecule has 0 bridgehead atoms. The summed E-state index contributed by atoms with van der Waals surface area (Å²) in [5.74, 6) is 0.961. The first kappa shape index (κ1) is 23.4. The van der Waals surface area contributed by atoms with E-state index in [0.29, 0.717) is 17.5 Å². The van der Waals surface area contributed by atoms with E-state index >= 15 is 0 Å². The van der Waals surface area contributed by atoms with Gasteiger partial charge in [-0.2, -0.15) is 0 Å². The Kier molecular flexibility index (Phi) is 7.22. The first-order valence-corrected chi connectivity index (χ1v) is 11.5. The average Bonchev–Trinajstić information content (AvgIpc) is 3.27. The zero-order valence-corrected chi connectivity index (χ0v) is 19.9. The van der Waals surface area contributed by atoms with Crippen LogP contribution in [0.3, 0.4) is 0 Å². The largest absolute Gasteiger partial charge is 0.497 e. The third-order valence-corrected chi connectivity index (χ3v) is 6.25. The van der Waals surface area contributed by atoms with Gasteiger partial charge in [-0.25, -0.2) is 4.39 Å². The number of methoxy groups -OCH3 is 1. The van der Waals surface area contributed by atoms with E-state index in [0.717, 1.165) is 22.6 Å². The lowest BCUT2D eigenvalue weighted by molar-refractivity contribution is -0.129. The van der Waals surface area contributed by atoms with E-state index in [4.69, 9.17) is 4.74 Å². The van der Waals surface area contributed by atoms with Crippen molar-refractivity contribution in [1.82, 2.24) is 24.6 Å². The lowest BCUT2D eigenvalue weighted by Crippen LogP contribution is -2.33. The van der Waals surface area contributed by atoms with Gasteiger partial charge in [0.25, 0.3) is 0 Å². The van der Waals surface area contributed by atoms with Crippen LogP contribution in [0.25, 0.3) is 17.1 Å². The molecule has 34 heavy (non-hydrogen) atoms. The molecule has 1 atom stereocenters. The van der Waals surface area contributed by atoms with E-state index in [9.17, 15) is 9.18 Å². The summed E-state index contributed by atoms with van der Waals surface area (Å²) in [6.45, 7) is 2.14. The van der Waals surface area contributed by atoms with Gasteiger partial charge in [-0.1, -0.05) is 23.9 Å². The first-order valence-electron chi connectivity index (χ1n) is 10.6. The van der Waals surface area contributed by atoms with E-state index in [1.54, 1.807) is 43.6 Å². The molecule has 2 aromatic carbocycles. The third-order valence-electron chi connectivity index (χ3n) is 5.22. The monoisotopic (exact) mass is 477 g/mol. The highest BCUT2D eigenvalue weighted by molar-refractivity contribution is 8.00. The number of halogens is 1. The summed E-state index contributed by atoms with van der Waals surface area (Å²) < 4.78 is 20.7. The molecule has 4 rings (SSSR count). The number of ether oxygens (including phenoxy) is 1. The average molecular weight is 478 g/mol. The molecule has 4 aromatic rings. The molecule has 1 unspecified atom stereocenters. The van der Waals surface area contributed by atoms with Crippen molar-refractivity contribution in [2.45, 2.75) is 23.9 Å². The molecule has 0 aliphatic carbocycles. The Morgan fingerprint density at radius 2 is 1.85 bits per heavy atom. The molecule has 2 heterocycles. The maximum atomic E-state index is 13.5. The Labute approximate surface area is 201 Å². The minimum absolute atomic E-state index is 0.0935. The van der Waals surface area contributed by atoms with Crippen molar-refractivity contribution in [3.63, 3.8) is 0 Å². The number of thioether (sulfide) groups is 1. The third kappa shape index (κ3) is 5.26. The van der Waals surface area contributed by atoms with Gasteiger partial charge >= 0.3 is 0 Å². The number of aromatic nitrogens is 4. The quantitative estimate of drug-likeness (QED) is 0.345. The van der Waals surface area contributed by atoms with Crippen LogP contribution in [-0.2, 0) is 11.3 Å². The molecule has 2 aromatic heterocycles. The zero-order chi connectivity index (χ0) is 24.1. The van der Waals surface area contributed by atoms with E-state index in [-0.39, 0.29) is 11.7 Å². The fourth-order valence-corrected chi connectivity index (χ4v) is 4.49. The molecule has 174 valence electrons. The van der Waals surface area contributed by atoms with E-state index in [1.165, 1.54) is 23.9 Å². The Morgan fingerprint density at radius 3 is 2.53 bits per heavy atom. The van der Waals surface area contributed by atoms with Gasteiger partial charge in [0.2, 0.25) is 5.91 Å². The molecule has 0 spiro atoms. The van der Waals surface area contributed by atoms with Gasteiger partial charge in [0, 0.05) is 37.2 Å². The van der Waals surface area contributed by atoms with Crippen LogP contribution >= 0.6 is 11.8 Å². The van der Waals surface area contributed by atoms with E-state index in [2.05, 4.69) is 15.2 Å².